The average Bonchev–Trinajstić information content (AvgIpc) is 2.08. The van der Waals surface area contributed by atoms with Crippen LogP contribution in [-0.4, -0.2) is 23.1 Å². The fourth-order valence-electron chi connectivity index (χ4n) is 1.17. The zero-order chi connectivity index (χ0) is 11.0. The summed E-state index contributed by atoms with van der Waals surface area (Å²) in [4.78, 5) is 17.1. The van der Waals surface area contributed by atoms with Gasteiger partial charge in [-0.15, -0.1) is 0 Å². The molecule has 86 valence electrons. The predicted molar refractivity (Wildman–Crippen MR) is 54.7 cm³/mol. The van der Waals surface area contributed by atoms with E-state index in [-0.39, 0.29) is 0 Å². The molecule has 0 amide bonds. The van der Waals surface area contributed by atoms with Gasteiger partial charge in [-0.05, 0) is 19.9 Å². The molecule has 0 bridgehead atoms. The summed E-state index contributed by atoms with van der Waals surface area (Å²) in [5.41, 5.74) is 0. The number of hydrogen-bond donors (Lipinski definition) is 3. The molecule has 0 aromatic carbocycles. The molecule has 6 heteroatoms. The summed E-state index contributed by atoms with van der Waals surface area (Å²) < 4.78 is 15.0. The molecule has 0 spiro atoms. The number of unbranched alkanes of at least 4 members (excludes halogenated alkanes) is 3. The van der Waals surface area contributed by atoms with Crippen molar-refractivity contribution in [2.24, 2.45) is 0 Å². The lowest BCUT2D eigenvalue weighted by Crippen LogP contribution is -2.27. The second-order valence-electron chi connectivity index (χ2n) is 3.22. The first-order chi connectivity index (χ1) is 6.49. The third-order valence-corrected chi connectivity index (χ3v) is 2.44. The highest BCUT2D eigenvalue weighted by Gasteiger charge is 2.20. The molecule has 0 aliphatic heterocycles. The number of nitrogens with one attached hydrogen (secondary N) is 1. The van der Waals surface area contributed by atoms with E-state index in [1.807, 2.05) is 0 Å². The highest BCUT2D eigenvalue weighted by Crippen LogP contribution is 2.37. The van der Waals surface area contributed by atoms with Crippen LogP contribution in [0.5, 0.6) is 0 Å². The first kappa shape index (κ1) is 14.1. The zero-order valence-electron chi connectivity index (χ0n) is 8.77. The third kappa shape index (κ3) is 8.66. The molecule has 14 heavy (non-hydrogen) atoms. The van der Waals surface area contributed by atoms with Crippen molar-refractivity contribution in [2.75, 3.05) is 7.05 Å². The van der Waals surface area contributed by atoms with E-state index >= 15 is 0 Å². The maximum Gasteiger partial charge on any atom is 0.471 e. The van der Waals surface area contributed by atoms with Crippen LogP contribution in [-0.2, 0) is 9.09 Å². The molecule has 0 aliphatic rings. The number of phosphoric ester groups is 1. The van der Waals surface area contributed by atoms with Gasteiger partial charge in [0.1, 0.15) is 6.23 Å². The van der Waals surface area contributed by atoms with Gasteiger partial charge in [-0.3, -0.25) is 9.84 Å². The summed E-state index contributed by atoms with van der Waals surface area (Å²) in [6.07, 6.45) is 4.35. The normalized spacial score (nSPS) is 14.3. The molecule has 0 saturated carbocycles. The maximum absolute atomic E-state index is 10.5. The molecule has 0 aromatic heterocycles. The number of phosphoric acid groups is 1. The highest BCUT2D eigenvalue weighted by molar-refractivity contribution is 7.46. The quantitative estimate of drug-likeness (QED) is 0.332. The van der Waals surface area contributed by atoms with Gasteiger partial charge < -0.3 is 9.79 Å². The van der Waals surface area contributed by atoms with Gasteiger partial charge >= 0.3 is 7.82 Å². The van der Waals surface area contributed by atoms with E-state index in [1.54, 1.807) is 7.05 Å². The lowest BCUT2D eigenvalue weighted by atomic mass is 10.1. The largest absolute Gasteiger partial charge is 0.471 e. The summed E-state index contributed by atoms with van der Waals surface area (Å²) in [6, 6.07) is 0. The molecule has 0 rings (SSSR count). The Hall–Kier alpha value is 0.0700. The predicted octanol–water partition coefficient (Wildman–Crippen LogP) is 1.61. The minimum atomic E-state index is -4.36. The van der Waals surface area contributed by atoms with E-state index in [0.717, 1.165) is 25.7 Å². The Morgan fingerprint density at radius 3 is 2.43 bits per heavy atom. The molecule has 0 aliphatic carbocycles. The van der Waals surface area contributed by atoms with Crippen LogP contribution in [0.4, 0.5) is 0 Å². The summed E-state index contributed by atoms with van der Waals surface area (Å²) in [5.74, 6) is 0. The Labute approximate surface area is 85.1 Å². The second kappa shape index (κ2) is 7.37. The van der Waals surface area contributed by atoms with Crippen LogP contribution in [0.3, 0.4) is 0 Å². The van der Waals surface area contributed by atoms with Crippen molar-refractivity contribution >= 4 is 7.82 Å². The SMILES string of the molecule is CCCCCCC(NC)OP(=O)(O)O. The smallest absolute Gasteiger partial charge is 0.303 e. The van der Waals surface area contributed by atoms with Crippen molar-refractivity contribution in [1.29, 1.82) is 0 Å². The Balaban J connectivity index is 3.64. The molecule has 0 fully saturated rings. The first-order valence-corrected chi connectivity index (χ1v) is 6.44. The van der Waals surface area contributed by atoms with E-state index < -0.39 is 14.1 Å². The van der Waals surface area contributed by atoms with Crippen molar-refractivity contribution in [1.82, 2.24) is 5.32 Å². The summed E-state index contributed by atoms with van der Waals surface area (Å²) in [5, 5.41) is 2.72. The molecule has 0 radical (unpaired) electrons. The number of hydrogen-bond acceptors (Lipinski definition) is 3. The molecule has 1 atom stereocenters. The van der Waals surface area contributed by atoms with Crippen LogP contribution >= 0.6 is 7.82 Å². The molecular weight excluding hydrogens is 205 g/mol. The number of rotatable bonds is 8. The van der Waals surface area contributed by atoms with E-state index in [0.29, 0.717) is 6.42 Å². The van der Waals surface area contributed by atoms with Crippen LogP contribution in [0.1, 0.15) is 39.0 Å². The third-order valence-electron chi connectivity index (χ3n) is 1.91. The molecular formula is C8H20NO4P. The second-order valence-corrected chi connectivity index (χ2v) is 4.41. The fraction of sp³-hybridized carbons (Fsp3) is 1.00. The Morgan fingerprint density at radius 2 is 2.00 bits per heavy atom. The molecule has 0 aromatic rings. The van der Waals surface area contributed by atoms with Crippen LogP contribution < -0.4 is 5.32 Å². The van der Waals surface area contributed by atoms with Gasteiger partial charge in [0, 0.05) is 0 Å². The van der Waals surface area contributed by atoms with Crippen LogP contribution in [0.15, 0.2) is 0 Å². The maximum atomic E-state index is 10.5. The Morgan fingerprint density at radius 1 is 1.36 bits per heavy atom. The Bertz CT molecular complexity index is 182. The standard InChI is InChI=1S/C8H20NO4P/c1-3-4-5-6-7-8(9-2)13-14(10,11)12/h8-9H,3-7H2,1-2H3,(H2,10,11,12). The van der Waals surface area contributed by atoms with Crippen molar-refractivity contribution < 1.29 is 18.9 Å². The van der Waals surface area contributed by atoms with Gasteiger partial charge in [0.15, 0.2) is 0 Å². The molecule has 1 unspecified atom stereocenters. The van der Waals surface area contributed by atoms with Crippen molar-refractivity contribution in [3.63, 3.8) is 0 Å². The van der Waals surface area contributed by atoms with Crippen molar-refractivity contribution in [3.8, 4) is 0 Å². The molecule has 3 N–H and O–H groups in total. The molecule has 5 nitrogen and oxygen atoms in total. The zero-order valence-corrected chi connectivity index (χ0v) is 9.67. The minimum Gasteiger partial charge on any atom is -0.303 e. The Kier molecular flexibility index (Phi) is 7.41. The van der Waals surface area contributed by atoms with Gasteiger partial charge in [-0.1, -0.05) is 26.2 Å². The topological polar surface area (TPSA) is 78.8 Å². The first-order valence-electron chi connectivity index (χ1n) is 4.90. The summed E-state index contributed by atoms with van der Waals surface area (Å²) in [7, 11) is -2.73. The fourth-order valence-corrected chi connectivity index (χ4v) is 1.71. The van der Waals surface area contributed by atoms with Crippen LogP contribution in [0.2, 0.25) is 0 Å². The van der Waals surface area contributed by atoms with Crippen molar-refractivity contribution in [3.05, 3.63) is 0 Å². The van der Waals surface area contributed by atoms with Crippen LogP contribution in [0, 0.1) is 0 Å². The summed E-state index contributed by atoms with van der Waals surface area (Å²) >= 11 is 0. The molecule has 0 heterocycles. The van der Waals surface area contributed by atoms with E-state index in [2.05, 4.69) is 16.8 Å². The lowest BCUT2D eigenvalue weighted by Gasteiger charge is -2.16. The average molecular weight is 225 g/mol. The van der Waals surface area contributed by atoms with Gasteiger partial charge in [0.05, 0.1) is 0 Å². The molecule has 0 saturated heterocycles. The highest BCUT2D eigenvalue weighted by atomic mass is 31.2. The van der Waals surface area contributed by atoms with Crippen molar-refractivity contribution in [2.45, 2.75) is 45.3 Å². The van der Waals surface area contributed by atoms with Gasteiger partial charge in [0.25, 0.3) is 0 Å². The minimum absolute atomic E-state index is 0.548. The summed E-state index contributed by atoms with van der Waals surface area (Å²) in [6.45, 7) is 2.11. The van der Waals surface area contributed by atoms with Crippen LogP contribution in [0.25, 0.3) is 0 Å². The van der Waals surface area contributed by atoms with E-state index in [4.69, 9.17) is 9.79 Å². The van der Waals surface area contributed by atoms with Gasteiger partial charge in [-0.2, -0.15) is 0 Å². The lowest BCUT2D eigenvalue weighted by molar-refractivity contribution is 0.106. The van der Waals surface area contributed by atoms with E-state index in [9.17, 15) is 4.57 Å². The van der Waals surface area contributed by atoms with Gasteiger partial charge in [0.2, 0.25) is 0 Å². The monoisotopic (exact) mass is 225 g/mol. The van der Waals surface area contributed by atoms with E-state index in [1.165, 1.54) is 0 Å². The van der Waals surface area contributed by atoms with Gasteiger partial charge in [-0.25, -0.2) is 4.57 Å².